The predicted molar refractivity (Wildman–Crippen MR) is 70.5 cm³/mol. The van der Waals surface area contributed by atoms with Crippen LogP contribution in [0.2, 0.25) is 0 Å². The number of rotatable bonds is 6. The molecule has 0 aromatic heterocycles. The lowest BCUT2D eigenvalue weighted by molar-refractivity contribution is 0.348. The Morgan fingerprint density at radius 1 is 1.44 bits per heavy atom. The lowest BCUT2D eigenvalue weighted by atomic mass is 10.1. The van der Waals surface area contributed by atoms with E-state index in [1.54, 1.807) is 0 Å². The summed E-state index contributed by atoms with van der Waals surface area (Å²) in [6.07, 6.45) is 0. The van der Waals surface area contributed by atoms with Crippen molar-refractivity contribution in [2.45, 2.75) is 13.5 Å². The first-order chi connectivity index (χ1) is 7.76. The Kier molecular flexibility index (Phi) is 5.99. The molecule has 0 atom stereocenters. The molecule has 86 valence electrons. The van der Waals surface area contributed by atoms with E-state index in [0.29, 0.717) is 0 Å². The fraction of sp³-hybridized carbons (Fsp3) is 0.462. The molecule has 0 aliphatic carbocycles. The van der Waals surface area contributed by atoms with Crippen LogP contribution in [-0.4, -0.2) is 30.0 Å². The summed E-state index contributed by atoms with van der Waals surface area (Å²) in [5, 5.41) is 8.80. The molecule has 0 aliphatic rings. The molecule has 1 rings (SSSR count). The molecule has 1 aromatic carbocycles. The Hall–Kier alpha value is -0.980. The summed E-state index contributed by atoms with van der Waals surface area (Å²) in [7, 11) is 2.12. The molecule has 0 saturated carbocycles. The van der Waals surface area contributed by atoms with Gasteiger partial charge in [-0.1, -0.05) is 19.1 Å². The zero-order chi connectivity index (χ0) is 11.8. The maximum atomic E-state index is 8.80. The molecule has 0 radical (unpaired) electrons. The van der Waals surface area contributed by atoms with E-state index in [9.17, 15) is 0 Å². The van der Waals surface area contributed by atoms with Crippen molar-refractivity contribution in [1.29, 1.82) is 5.26 Å². The standard InChI is InChI=1S/C13H18N2S/c1-3-16-8-7-15(2)11-13-6-4-5-12(9-13)10-14/h4-6,9H,3,7-8,11H2,1-2H3. The molecule has 0 unspecified atom stereocenters. The van der Waals surface area contributed by atoms with Crippen molar-refractivity contribution in [3.05, 3.63) is 35.4 Å². The molecule has 3 heteroatoms. The van der Waals surface area contributed by atoms with Crippen molar-refractivity contribution < 1.29 is 0 Å². The SMILES string of the molecule is CCSCCN(C)Cc1cccc(C#N)c1. The van der Waals surface area contributed by atoms with Gasteiger partial charge in [0.2, 0.25) is 0 Å². The zero-order valence-electron chi connectivity index (χ0n) is 9.94. The van der Waals surface area contributed by atoms with Crippen LogP contribution < -0.4 is 0 Å². The van der Waals surface area contributed by atoms with Crippen LogP contribution in [0.1, 0.15) is 18.1 Å². The first kappa shape index (κ1) is 13.1. The summed E-state index contributed by atoms with van der Waals surface area (Å²) in [5.74, 6) is 2.35. The van der Waals surface area contributed by atoms with Crippen LogP contribution in [0, 0.1) is 11.3 Å². The van der Waals surface area contributed by atoms with Crippen LogP contribution >= 0.6 is 11.8 Å². The van der Waals surface area contributed by atoms with Crippen molar-refractivity contribution >= 4 is 11.8 Å². The molecule has 1 aromatic rings. The second-order valence-corrected chi connectivity index (χ2v) is 5.14. The first-order valence-electron chi connectivity index (χ1n) is 5.51. The van der Waals surface area contributed by atoms with Crippen LogP contribution in [0.25, 0.3) is 0 Å². The molecule has 0 aliphatic heterocycles. The number of nitriles is 1. The fourth-order valence-electron chi connectivity index (χ4n) is 1.49. The van der Waals surface area contributed by atoms with Gasteiger partial charge in [0, 0.05) is 18.8 Å². The number of thioether (sulfide) groups is 1. The topological polar surface area (TPSA) is 27.0 Å². The van der Waals surface area contributed by atoms with Gasteiger partial charge in [0.1, 0.15) is 0 Å². The van der Waals surface area contributed by atoms with Crippen molar-refractivity contribution in [3.63, 3.8) is 0 Å². The van der Waals surface area contributed by atoms with E-state index in [-0.39, 0.29) is 0 Å². The molecular weight excluding hydrogens is 216 g/mol. The average Bonchev–Trinajstić information content (AvgIpc) is 2.29. The first-order valence-corrected chi connectivity index (χ1v) is 6.67. The van der Waals surface area contributed by atoms with E-state index >= 15 is 0 Å². The van der Waals surface area contributed by atoms with Gasteiger partial charge in [-0.3, -0.25) is 0 Å². The molecule has 0 spiro atoms. The Balaban J connectivity index is 2.43. The second-order valence-electron chi connectivity index (χ2n) is 3.75. The maximum absolute atomic E-state index is 8.80. The molecule has 0 fully saturated rings. The lowest BCUT2D eigenvalue weighted by Crippen LogP contribution is -2.20. The Labute approximate surface area is 102 Å². The normalized spacial score (nSPS) is 10.4. The van der Waals surface area contributed by atoms with Gasteiger partial charge in [-0.2, -0.15) is 17.0 Å². The molecule has 16 heavy (non-hydrogen) atoms. The Morgan fingerprint density at radius 3 is 2.94 bits per heavy atom. The highest BCUT2D eigenvalue weighted by Gasteiger charge is 2.00. The average molecular weight is 234 g/mol. The number of nitrogens with zero attached hydrogens (tertiary/aromatic N) is 2. The van der Waals surface area contributed by atoms with E-state index in [0.717, 1.165) is 18.7 Å². The molecule has 0 amide bonds. The lowest BCUT2D eigenvalue weighted by Gasteiger charge is -2.16. The molecule has 2 nitrogen and oxygen atoms in total. The fourth-order valence-corrected chi connectivity index (χ4v) is 2.22. The van der Waals surface area contributed by atoms with Crippen LogP contribution in [-0.2, 0) is 6.54 Å². The molecular formula is C13H18N2S. The van der Waals surface area contributed by atoms with Crippen molar-refractivity contribution in [3.8, 4) is 6.07 Å². The van der Waals surface area contributed by atoms with Crippen LogP contribution in [0.15, 0.2) is 24.3 Å². The van der Waals surface area contributed by atoms with E-state index in [2.05, 4.69) is 31.0 Å². The van der Waals surface area contributed by atoms with Gasteiger partial charge in [0.25, 0.3) is 0 Å². The third kappa shape index (κ3) is 4.69. The maximum Gasteiger partial charge on any atom is 0.0991 e. The van der Waals surface area contributed by atoms with Crippen LogP contribution in [0.3, 0.4) is 0 Å². The largest absolute Gasteiger partial charge is 0.301 e. The molecule has 0 bridgehead atoms. The van der Waals surface area contributed by atoms with E-state index < -0.39 is 0 Å². The number of benzene rings is 1. The highest BCUT2D eigenvalue weighted by Crippen LogP contribution is 2.07. The highest BCUT2D eigenvalue weighted by atomic mass is 32.2. The third-order valence-corrected chi connectivity index (χ3v) is 3.21. The quantitative estimate of drug-likeness (QED) is 0.708. The van der Waals surface area contributed by atoms with Crippen LogP contribution in [0.4, 0.5) is 0 Å². The molecule has 0 N–H and O–H groups in total. The van der Waals surface area contributed by atoms with Gasteiger partial charge in [-0.15, -0.1) is 0 Å². The van der Waals surface area contributed by atoms with Gasteiger partial charge in [-0.25, -0.2) is 0 Å². The summed E-state index contributed by atoms with van der Waals surface area (Å²) in [5.41, 5.74) is 1.96. The van der Waals surface area contributed by atoms with Crippen LogP contribution in [0.5, 0.6) is 0 Å². The summed E-state index contributed by atoms with van der Waals surface area (Å²) >= 11 is 1.96. The second kappa shape index (κ2) is 7.32. The van der Waals surface area contributed by atoms with Gasteiger partial charge in [0.15, 0.2) is 0 Å². The van der Waals surface area contributed by atoms with E-state index in [1.165, 1.54) is 17.1 Å². The Morgan fingerprint density at radius 2 is 2.25 bits per heavy atom. The number of hydrogen-bond acceptors (Lipinski definition) is 3. The summed E-state index contributed by atoms with van der Waals surface area (Å²) in [4.78, 5) is 2.29. The van der Waals surface area contributed by atoms with E-state index in [1.807, 2.05) is 30.0 Å². The highest BCUT2D eigenvalue weighted by molar-refractivity contribution is 7.99. The zero-order valence-corrected chi connectivity index (χ0v) is 10.8. The van der Waals surface area contributed by atoms with Gasteiger partial charge >= 0.3 is 0 Å². The van der Waals surface area contributed by atoms with Crippen molar-refractivity contribution in [2.75, 3.05) is 25.1 Å². The van der Waals surface area contributed by atoms with Crippen molar-refractivity contribution in [1.82, 2.24) is 4.90 Å². The summed E-state index contributed by atoms with van der Waals surface area (Å²) < 4.78 is 0. The minimum absolute atomic E-state index is 0.744. The molecule has 0 saturated heterocycles. The monoisotopic (exact) mass is 234 g/mol. The summed E-state index contributed by atoms with van der Waals surface area (Å²) in [6.45, 7) is 4.19. The predicted octanol–water partition coefficient (Wildman–Crippen LogP) is 2.74. The minimum Gasteiger partial charge on any atom is -0.301 e. The van der Waals surface area contributed by atoms with E-state index in [4.69, 9.17) is 5.26 Å². The van der Waals surface area contributed by atoms with Crippen molar-refractivity contribution in [2.24, 2.45) is 0 Å². The van der Waals surface area contributed by atoms with Gasteiger partial charge in [-0.05, 0) is 30.5 Å². The smallest absolute Gasteiger partial charge is 0.0991 e. The summed E-state index contributed by atoms with van der Waals surface area (Å²) in [6, 6.07) is 10.00. The van der Waals surface area contributed by atoms with Gasteiger partial charge < -0.3 is 4.90 Å². The molecule has 0 heterocycles. The third-order valence-electron chi connectivity index (χ3n) is 2.33. The Bertz CT molecular complexity index is 357. The van der Waals surface area contributed by atoms with Gasteiger partial charge in [0.05, 0.1) is 11.6 Å². The number of hydrogen-bond donors (Lipinski definition) is 0. The minimum atomic E-state index is 0.744.